The van der Waals surface area contributed by atoms with Crippen LogP contribution in [-0.2, 0) is 11.3 Å². The van der Waals surface area contributed by atoms with Crippen LogP contribution in [0.3, 0.4) is 0 Å². The highest BCUT2D eigenvalue weighted by Gasteiger charge is 2.25. The molecule has 1 unspecified atom stereocenters. The van der Waals surface area contributed by atoms with E-state index in [1.807, 2.05) is 47.4 Å². The molecule has 1 fully saturated rings. The average molecular weight is 379 g/mol. The first-order valence-corrected chi connectivity index (χ1v) is 10.1. The Morgan fingerprint density at radius 3 is 2.89 bits per heavy atom. The zero-order valence-corrected chi connectivity index (χ0v) is 15.9. The molecule has 1 amide bonds. The maximum atomic E-state index is 12.7. The third-order valence-electron chi connectivity index (χ3n) is 4.89. The Bertz CT molecular complexity index is 865. The van der Waals surface area contributed by atoms with Gasteiger partial charge in [-0.3, -0.25) is 14.7 Å². The van der Waals surface area contributed by atoms with Gasteiger partial charge in [0.15, 0.2) is 0 Å². The molecule has 4 rings (SSSR count). The third kappa shape index (κ3) is 4.59. The molecule has 1 aliphatic heterocycles. The second-order valence-corrected chi connectivity index (χ2v) is 7.59. The summed E-state index contributed by atoms with van der Waals surface area (Å²) in [6.07, 6.45) is 5.66. The van der Waals surface area contributed by atoms with E-state index in [0.29, 0.717) is 0 Å². The number of hydrogen-bond donors (Lipinski definition) is 1. The van der Waals surface area contributed by atoms with Crippen LogP contribution in [-0.4, -0.2) is 33.9 Å². The Morgan fingerprint density at radius 2 is 2.15 bits per heavy atom. The predicted molar refractivity (Wildman–Crippen MR) is 108 cm³/mol. The third-order valence-corrected chi connectivity index (χ3v) is 5.47. The summed E-state index contributed by atoms with van der Waals surface area (Å²) in [6, 6.07) is 11.9. The molecule has 1 saturated heterocycles. The Labute approximate surface area is 163 Å². The molecule has 5 nitrogen and oxygen atoms in total. The van der Waals surface area contributed by atoms with Gasteiger partial charge in [0, 0.05) is 42.1 Å². The Hall–Kier alpha value is -2.57. The zero-order valence-electron chi connectivity index (χ0n) is 15.0. The van der Waals surface area contributed by atoms with E-state index in [4.69, 9.17) is 0 Å². The van der Waals surface area contributed by atoms with Crippen LogP contribution in [0.2, 0.25) is 0 Å². The summed E-state index contributed by atoms with van der Waals surface area (Å²) in [7, 11) is 0. The topological polar surface area (TPSA) is 58.1 Å². The number of carbonyl (C=O) groups excluding carboxylic acids is 1. The lowest BCUT2D eigenvalue weighted by atomic mass is 9.96. The molecule has 1 atom stereocenters. The maximum absolute atomic E-state index is 12.7. The number of nitrogens with zero attached hydrogens (tertiary/aromatic N) is 3. The Kier molecular flexibility index (Phi) is 5.55. The average Bonchev–Trinajstić information content (AvgIpc) is 3.24. The molecular formula is C21H22N4OS. The fourth-order valence-corrected chi connectivity index (χ4v) is 4.05. The van der Waals surface area contributed by atoms with Gasteiger partial charge in [0.1, 0.15) is 0 Å². The quantitative estimate of drug-likeness (QED) is 0.727. The first-order chi connectivity index (χ1) is 13.3. The van der Waals surface area contributed by atoms with Crippen LogP contribution in [0.1, 0.15) is 18.4 Å². The van der Waals surface area contributed by atoms with E-state index in [-0.39, 0.29) is 11.8 Å². The summed E-state index contributed by atoms with van der Waals surface area (Å²) < 4.78 is 0. The molecule has 27 heavy (non-hydrogen) atoms. The minimum absolute atomic E-state index is 0.0219. The molecule has 0 saturated carbocycles. The lowest BCUT2D eigenvalue weighted by Crippen LogP contribution is -2.40. The number of carbonyl (C=O) groups is 1. The Morgan fingerprint density at radius 1 is 1.26 bits per heavy atom. The van der Waals surface area contributed by atoms with Crippen molar-refractivity contribution in [2.24, 2.45) is 5.92 Å². The Balaban J connectivity index is 1.35. The van der Waals surface area contributed by atoms with Crippen molar-refractivity contribution in [3.05, 3.63) is 65.2 Å². The van der Waals surface area contributed by atoms with Gasteiger partial charge in [0.25, 0.3) is 0 Å². The molecule has 0 spiro atoms. The zero-order chi connectivity index (χ0) is 18.5. The van der Waals surface area contributed by atoms with Crippen molar-refractivity contribution in [2.75, 3.05) is 18.4 Å². The molecule has 1 N–H and O–H groups in total. The van der Waals surface area contributed by atoms with Crippen molar-refractivity contribution in [1.82, 2.24) is 14.9 Å². The van der Waals surface area contributed by atoms with Gasteiger partial charge >= 0.3 is 0 Å². The number of pyridine rings is 1. The predicted octanol–water partition coefficient (Wildman–Crippen LogP) is 4.06. The van der Waals surface area contributed by atoms with Crippen LogP contribution in [0.5, 0.6) is 0 Å². The van der Waals surface area contributed by atoms with E-state index < -0.39 is 0 Å². The highest BCUT2D eigenvalue weighted by molar-refractivity contribution is 7.07. The van der Waals surface area contributed by atoms with Crippen molar-refractivity contribution in [3.8, 4) is 11.3 Å². The number of anilines is 1. The van der Waals surface area contributed by atoms with Crippen molar-refractivity contribution in [1.29, 1.82) is 0 Å². The fraction of sp³-hybridized carbons (Fsp3) is 0.286. The molecule has 1 aromatic carbocycles. The second kappa shape index (κ2) is 8.41. The number of aromatic nitrogens is 2. The fourth-order valence-electron chi connectivity index (χ4n) is 3.49. The molecule has 2 aromatic heterocycles. The highest BCUT2D eigenvalue weighted by Crippen LogP contribution is 2.23. The van der Waals surface area contributed by atoms with Crippen LogP contribution in [0.25, 0.3) is 11.3 Å². The number of piperidine rings is 1. The van der Waals surface area contributed by atoms with Crippen molar-refractivity contribution in [2.45, 2.75) is 19.4 Å². The van der Waals surface area contributed by atoms with Crippen LogP contribution in [0, 0.1) is 5.92 Å². The largest absolute Gasteiger partial charge is 0.326 e. The molecule has 0 radical (unpaired) electrons. The highest BCUT2D eigenvalue weighted by atomic mass is 32.1. The number of amides is 1. The van der Waals surface area contributed by atoms with E-state index in [2.05, 4.69) is 26.3 Å². The van der Waals surface area contributed by atoms with Gasteiger partial charge in [-0.15, -0.1) is 11.3 Å². The van der Waals surface area contributed by atoms with Crippen molar-refractivity contribution in [3.63, 3.8) is 0 Å². The first kappa shape index (κ1) is 17.8. The molecule has 0 aliphatic carbocycles. The summed E-state index contributed by atoms with van der Waals surface area (Å²) in [6.45, 7) is 2.67. The van der Waals surface area contributed by atoms with Gasteiger partial charge in [0.05, 0.1) is 17.1 Å². The van der Waals surface area contributed by atoms with E-state index in [1.54, 1.807) is 17.5 Å². The number of rotatable bonds is 5. The number of nitrogens with one attached hydrogen (secondary N) is 1. The van der Waals surface area contributed by atoms with E-state index >= 15 is 0 Å². The first-order valence-electron chi connectivity index (χ1n) is 9.19. The SMILES string of the molecule is O=C(Nc1ccc(-c2cscn2)cc1)C1CCCN(Cc2cccnc2)C1. The van der Waals surface area contributed by atoms with Crippen LogP contribution >= 0.6 is 11.3 Å². The lowest BCUT2D eigenvalue weighted by Gasteiger charge is -2.31. The molecule has 3 aromatic rings. The summed E-state index contributed by atoms with van der Waals surface area (Å²) in [4.78, 5) is 23.6. The molecule has 138 valence electrons. The van der Waals surface area contributed by atoms with Gasteiger partial charge in [-0.25, -0.2) is 4.98 Å². The van der Waals surface area contributed by atoms with Crippen LogP contribution in [0.15, 0.2) is 59.7 Å². The maximum Gasteiger partial charge on any atom is 0.228 e. The van der Waals surface area contributed by atoms with Gasteiger partial charge in [-0.2, -0.15) is 0 Å². The summed E-state index contributed by atoms with van der Waals surface area (Å²) in [5.74, 6) is 0.126. The lowest BCUT2D eigenvalue weighted by molar-refractivity contribution is -0.121. The number of likely N-dealkylation sites (tertiary alicyclic amines) is 1. The number of hydrogen-bond acceptors (Lipinski definition) is 5. The molecule has 0 bridgehead atoms. The van der Waals surface area contributed by atoms with Gasteiger partial charge in [-0.1, -0.05) is 18.2 Å². The van der Waals surface area contributed by atoms with Crippen LogP contribution in [0.4, 0.5) is 5.69 Å². The summed E-state index contributed by atoms with van der Waals surface area (Å²) in [5.41, 5.74) is 5.89. The minimum Gasteiger partial charge on any atom is -0.326 e. The summed E-state index contributed by atoms with van der Waals surface area (Å²) >= 11 is 1.58. The number of benzene rings is 1. The molecular weight excluding hydrogens is 356 g/mol. The van der Waals surface area contributed by atoms with Crippen LogP contribution < -0.4 is 5.32 Å². The smallest absolute Gasteiger partial charge is 0.228 e. The molecule has 3 heterocycles. The minimum atomic E-state index is 0.0219. The van der Waals surface area contributed by atoms with E-state index in [9.17, 15) is 4.79 Å². The second-order valence-electron chi connectivity index (χ2n) is 6.88. The van der Waals surface area contributed by atoms with Gasteiger partial charge < -0.3 is 5.32 Å². The van der Waals surface area contributed by atoms with Gasteiger partial charge in [0.2, 0.25) is 5.91 Å². The van der Waals surface area contributed by atoms with E-state index in [1.165, 1.54) is 5.56 Å². The molecule has 6 heteroatoms. The number of thiazole rings is 1. The van der Waals surface area contributed by atoms with Crippen molar-refractivity contribution >= 4 is 22.9 Å². The summed E-state index contributed by atoms with van der Waals surface area (Å²) in [5, 5.41) is 5.09. The monoisotopic (exact) mass is 378 g/mol. The van der Waals surface area contributed by atoms with E-state index in [0.717, 1.165) is 49.4 Å². The van der Waals surface area contributed by atoms with Gasteiger partial charge in [-0.05, 0) is 43.1 Å². The molecule has 1 aliphatic rings. The van der Waals surface area contributed by atoms with Crippen molar-refractivity contribution < 1.29 is 4.79 Å². The normalized spacial score (nSPS) is 17.6. The standard InChI is InChI=1S/C21H22N4OS/c26-21(24-19-7-5-17(6-8-19)20-14-27-15-23-20)18-4-2-10-25(13-18)12-16-3-1-9-22-11-16/h1,3,5-9,11,14-15,18H,2,4,10,12-13H2,(H,24,26).